The molecular weight excluding hydrogens is 360 g/mol. The number of hydrogen-bond acceptors (Lipinski definition) is 5. The van der Waals surface area contributed by atoms with Crippen LogP contribution in [0.1, 0.15) is 24.0 Å². The van der Waals surface area contributed by atoms with Crippen LogP contribution in [0.3, 0.4) is 0 Å². The van der Waals surface area contributed by atoms with Crippen molar-refractivity contribution in [2.24, 2.45) is 0 Å². The van der Waals surface area contributed by atoms with Crippen molar-refractivity contribution in [2.45, 2.75) is 26.7 Å². The van der Waals surface area contributed by atoms with Crippen LogP contribution in [0.15, 0.2) is 42.5 Å². The minimum absolute atomic E-state index is 0.0381. The lowest BCUT2D eigenvalue weighted by molar-refractivity contribution is -0.147. The van der Waals surface area contributed by atoms with Gasteiger partial charge in [-0.2, -0.15) is 0 Å². The number of rotatable bonds is 8. The predicted octanol–water partition coefficient (Wildman–Crippen LogP) is 3.21. The van der Waals surface area contributed by atoms with Gasteiger partial charge in [-0.15, -0.1) is 0 Å². The smallest absolute Gasteiger partial charge is 0.306 e. The van der Waals surface area contributed by atoms with E-state index in [0.717, 1.165) is 11.1 Å². The van der Waals surface area contributed by atoms with Gasteiger partial charge >= 0.3 is 5.97 Å². The lowest BCUT2D eigenvalue weighted by atomic mass is 10.1. The zero-order valence-electron chi connectivity index (χ0n) is 16.2. The second-order valence-corrected chi connectivity index (χ2v) is 6.28. The van der Waals surface area contributed by atoms with Gasteiger partial charge in [-0.1, -0.05) is 6.07 Å². The lowest BCUT2D eigenvalue weighted by Gasteiger charge is -2.09. The van der Waals surface area contributed by atoms with Crippen LogP contribution in [0.4, 0.5) is 11.4 Å². The fourth-order valence-corrected chi connectivity index (χ4v) is 2.35. The summed E-state index contributed by atoms with van der Waals surface area (Å²) in [5.74, 6) is -0.679. The van der Waals surface area contributed by atoms with E-state index in [9.17, 15) is 14.4 Å². The first-order chi connectivity index (χ1) is 13.4. The molecule has 2 rings (SSSR count). The molecule has 28 heavy (non-hydrogen) atoms. The summed E-state index contributed by atoms with van der Waals surface area (Å²) in [4.78, 5) is 35.5. The number of anilines is 2. The summed E-state index contributed by atoms with van der Waals surface area (Å²) >= 11 is 0. The molecule has 2 aromatic carbocycles. The van der Waals surface area contributed by atoms with Gasteiger partial charge in [0.1, 0.15) is 5.75 Å². The maximum atomic E-state index is 11.9. The topological polar surface area (TPSA) is 93.7 Å². The van der Waals surface area contributed by atoms with Crippen LogP contribution >= 0.6 is 0 Å². The molecule has 0 saturated heterocycles. The van der Waals surface area contributed by atoms with Crippen molar-refractivity contribution in [3.8, 4) is 5.75 Å². The van der Waals surface area contributed by atoms with E-state index in [4.69, 9.17) is 9.47 Å². The number of carbonyl (C=O) groups is 3. The molecule has 0 atom stereocenters. The van der Waals surface area contributed by atoms with Gasteiger partial charge in [0.2, 0.25) is 5.91 Å². The zero-order valence-corrected chi connectivity index (χ0v) is 16.2. The van der Waals surface area contributed by atoms with Gasteiger partial charge in [-0.3, -0.25) is 14.4 Å². The summed E-state index contributed by atoms with van der Waals surface area (Å²) in [6.07, 6.45) is -0.150. The number of amides is 2. The van der Waals surface area contributed by atoms with Crippen molar-refractivity contribution in [3.05, 3.63) is 53.6 Å². The van der Waals surface area contributed by atoms with Gasteiger partial charge in [-0.25, -0.2) is 0 Å². The van der Waals surface area contributed by atoms with Crippen LogP contribution in [0.5, 0.6) is 5.75 Å². The molecule has 0 spiro atoms. The monoisotopic (exact) mass is 384 g/mol. The van der Waals surface area contributed by atoms with Crippen molar-refractivity contribution >= 4 is 29.2 Å². The molecule has 0 aromatic heterocycles. The molecule has 2 aromatic rings. The van der Waals surface area contributed by atoms with Crippen LogP contribution in [0.2, 0.25) is 0 Å². The minimum Gasteiger partial charge on any atom is -0.497 e. The second-order valence-electron chi connectivity index (χ2n) is 6.28. The van der Waals surface area contributed by atoms with E-state index < -0.39 is 18.5 Å². The summed E-state index contributed by atoms with van der Waals surface area (Å²) in [7, 11) is 1.56. The van der Waals surface area contributed by atoms with Gasteiger partial charge in [0.05, 0.1) is 13.5 Å². The largest absolute Gasteiger partial charge is 0.497 e. The molecule has 2 N–H and O–H groups in total. The number of nitrogens with one attached hydrogen (secondary N) is 2. The Morgan fingerprint density at radius 3 is 2.11 bits per heavy atom. The number of ether oxygens (including phenoxy) is 2. The van der Waals surface area contributed by atoms with E-state index >= 15 is 0 Å². The maximum absolute atomic E-state index is 11.9. The van der Waals surface area contributed by atoms with Crippen LogP contribution in [-0.4, -0.2) is 31.5 Å². The Labute approximate surface area is 164 Å². The van der Waals surface area contributed by atoms with Crippen LogP contribution in [0, 0.1) is 13.8 Å². The van der Waals surface area contributed by atoms with E-state index in [1.54, 1.807) is 37.4 Å². The molecule has 2 amide bonds. The highest BCUT2D eigenvalue weighted by Crippen LogP contribution is 2.16. The normalized spacial score (nSPS) is 10.1. The number of methoxy groups -OCH3 is 1. The molecule has 7 nitrogen and oxygen atoms in total. The number of esters is 1. The summed E-state index contributed by atoms with van der Waals surface area (Å²) in [6.45, 7) is 3.53. The zero-order chi connectivity index (χ0) is 20.5. The molecule has 148 valence electrons. The Balaban J connectivity index is 1.69. The van der Waals surface area contributed by atoms with Crippen molar-refractivity contribution in [1.82, 2.24) is 0 Å². The average Bonchev–Trinajstić information content (AvgIpc) is 2.68. The molecule has 0 bridgehead atoms. The molecule has 0 aliphatic carbocycles. The van der Waals surface area contributed by atoms with Gasteiger partial charge in [0.25, 0.3) is 5.91 Å². The van der Waals surface area contributed by atoms with Crippen molar-refractivity contribution in [3.63, 3.8) is 0 Å². The highest BCUT2D eigenvalue weighted by molar-refractivity contribution is 5.94. The Morgan fingerprint density at radius 1 is 0.821 bits per heavy atom. The maximum Gasteiger partial charge on any atom is 0.306 e. The van der Waals surface area contributed by atoms with Crippen molar-refractivity contribution in [2.75, 3.05) is 24.4 Å². The average molecular weight is 384 g/mol. The van der Waals surface area contributed by atoms with E-state index in [-0.39, 0.29) is 18.7 Å². The Hall–Kier alpha value is -3.35. The summed E-state index contributed by atoms with van der Waals surface area (Å²) < 4.78 is 9.95. The summed E-state index contributed by atoms with van der Waals surface area (Å²) in [6, 6.07) is 12.4. The van der Waals surface area contributed by atoms with Gasteiger partial charge < -0.3 is 20.1 Å². The van der Waals surface area contributed by atoms with Crippen molar-refractivity contribution in [1.29, 1.82) is 0 Å². The molecule has 0 radical (unpaired) electrons. The van der Waals surface area contributed by atoms with Crippen LogP contribution < -0.4 is 15.4 Å². The first-order valence-electron chi connectivity index (χ1n) is 8.84. The molecule has 0 saturated carbocycles. The van der Waals surface area contributed by atoms with Crippen LogP contribution in [-0.2, 0) is 19.1 Å². The van der Waals surface area contributed by atoms with E-state index in [2.05, 4.69) is 10.6 Å². The Bertz CT molecular complexity index is 846. The number of aryl methyl sites for hydroxylation is 2. The highest BCUT2D eigenvalue weighted by Gasteiger charge is 2.11. The first kappa shape index (κ1) is 21.0. The molecule has 0 aliphatic heterocycles. The number of hydrogen-bond donors (Lipinski definition) is 2. The van der Waals surface area contributed by atoms with Crippen molar-refractivity contribution < 1.29 is 23.9 Å². The molecule has 7 heteroatoms. The highest BCUT2D eigenvalue weighted by atomic mass is 16.5. The van der Waals surface area contributed by atoms with E-state index in [0.29, 0.717) is 17.1 Å². The quantitative estimate of drug-likeness (QED) is 0.682. The van der Waals surface area contributed by atoms with E-state index in [1.807, 2.05) is 26.0 Å². The SMILES string of the molecule is COc1ccc(NC(=O)CCC(=O)OCC(=O)Nc2ccc(C)c(C)c2)cc1. The Morgan fingerprint density at radius 2 is 1.46 bits per heavy atom. The van der Waals surface area contributed by atoms with Crippen LogP contribution in [0.25, 0.3) is 0 Å². The molecule has 0 fully saturated rings. The molecular formula is C21H24N2O5. The predicted molar refractivity (Wildman–Crippen MR) is 106 cm³/mol. The second kappa shape index (κ2) is 10.1. The first-order valence-corrected chi connectivity index (χ1v) is 8.84. The molecule has 0 unspecified atom stereocenters. The van der Waals surface area contributed by atoms with E-state index in [1.165, 1.54) is 0 Å². The minimum atomic E-state index is -0.611. The lowest BCUT2D eigenvalue weighted by Crippen LogP contribution is -2.21. The third kappa shape index (κ3) is 6.75. The Kier molecular flexibility index (Phi) is 7.56. The fourth-order valence-electron chi connectivity index (χ4n) is 2.35. The summed E-state index contributed by atoms with van der Waals surface area (Å²) in [5.41, 5.74) is 3.42. The van der Waals surface area contributed by atoms with Gasteiger partial charge in [0, 0.05) is 17.8 Å². The fraction of sp³-hybridized carbons (Fsp3) is 0.286. The standard InChI is InChI=1S/C21H24N2O5/c1-14-4-5-17(12-15(14)2)23-20(25)13-28-21(26)11-10-19(24)22-16-6-8-18(27-3)9-7-16/h4-9,12H,10-11,13H2,1-3H3,(H,22,24)(H,23,25). The third-order valence-corrected chi connectivity index (χ3v) is 4.08. The van der Waals surface area contributed by atoms with Gasteiger partial charge in [-0.05, 0) is 61.4 Å². The molecule has 0 heterocycles. The van der Waals surface area contributed by atoms with Gasteiger partial charge in [0.15, 0.2) is 6.61 Å². The molecule has 0 aliphatic rings. The number of benzene rings is 2. The number of carbonyl (C=O) groups excluding carboxylic acids is 3. The summed E-state index contributed by atoms with van der Waals surface area (Å²) in [5, 5.41) is 5.34. The third-order valence-electron chi connectivity index (χ3n) is 4.08.